The van der Waals surface area contributed by atoms with E-state index in [0.717, 1.165) is 22.9 Å². The summed E-state index contributed by atoms with van der Waals surface area (Å²) in [7, 11) is -0.861. The molecular formula is C17H26ClNOS. The Labute approximate surface area is 136 Å². The van der Waals surface area contributed by atoms with Gasteiger partial charge in [-0.05, 0) is 36.9 Å². The number of nitrogens with one attached hydrogen (secondary N) is 1. The van der Waals surface area contributed by atoms with Crippen molar-refractivity contribution in [1.82, 2.24) is 5.32 Å². The van der Waals surface area contributed by atoms with Crippen molar-refractivity contribution in [3.05, 3.63) is 34.9 Å². The summed E-state index contributed by atoms with van der Waals surface area (Å²) < 4.78 is 12.5. The summed E-state index contributed by atoms with van der Waals surface area (Å²) in [6.07, 6.45) is 6.56. The minimum Gasteiger partial charge on any atom is -0.313 e. The van der Waals surface area contributed by atoms with E-state index in [1.54, 1.807) is 0 Å². The average molecular weight is 328 g/mol. The zero-order valence-corrected chi connectivity index (χ0v) is 14.4. The van der Waals surface area contributed by atoms with Crippen LogP contribution in [0.1, 0.15) is 44.6 Å². The van der Waals surface area contributed by atoms with Crippen LogP contribution in [0.4, 0.5) is 0 Å². The summed E-state index contributed by atoms with van der Waals surface area (Å²) in [6.45, 7) is 3.08. The zero-order valence-electron chi connectivity index (χ0n) is 12.8. The minimum atomic E-state index is -0.861. The van der Waals surface area contributed by atoms with Gasteiger partial charge in [0.1, 0.15) is 0 Å². The van der Waals surface area contributed by atoms with Gasteiger partial charge in [0.15, 0.2) is 0 Å². The van der Waals surface area contributed by atoms with E-state index < -0.39 is 10.8 Å². The molecule has 2 rings (SSSR count). The summed E-state index contributed by atoms with van der Waals surface area (Å²) >= 11 is 6.16. The SMILES string of the molecule is CCNC(CS(=O)Cc1ccccc1Cl)C1CCCCC1. The van der Waals surface area contributed by atoms with Crippen LogP contribution < -0.4 is 5.32 Å². The van der Waals surface area contributed by atoms with Crippen molar-refractivity contribution < 1.29 is 4.21 Å². The lowest BCUT2D eigenvalue weighted by Crippen LogP contribution is -2.41. The molecular weight excluding hydrogens is 302 g/mol. The Hall–Kier alpha value is -0.380. The molecule has 0 saturated heterocycles. The molecule has 1 aromatic rings. The second-order valence-electron chi connectivity index (χ2n) is 5.90. The lowest BCUT2D eigenvalue weighted by Gasteiger charge is -2.30. The predicted octanol–water partition coefficient (Wildman–Crippen LogP) is 4.15. The summed E-state index contributed by atoms with van der Waals surface area (Å²) in [6, 6.07) is 8.11. The third-order valence-corrected chi connectivity index (χ3v) is 6.06. The fraction of sp³-hybridized carbons (Fsp3) is 0.647. The van der Waals surface area contributed by atoms with Crippen LogP contribution in [0.15, 0.2) is 24.3 Å². The van der Waals surface area contributed by atoms with E-state index in [2.05, 4.69) is 12.2 Å². The fourth-order valence-corrected chi connectivity index (χ4v) is 5.00. The molecule has 1 aliphatic carbocycles. The Morgan fingerprint density at radius 1 is 1.29 bits per heavy atom. The Bertz CT molecular complexity index is 460. The van der Waals surface area contributed by atoms with Gasteiger partial charge in [-0.2, -0.15) is 0 Å². The molecule has 2 unspecified atom stereocenters. The molecule has 118 valence electrons. The zero-order chi connectivity index (χ0) is 15.1. The summed E-state index contributed by atoms with van der Waals surface area (Å²) in [5.74, 6) is 1.99. The van der Waals surface area contributed by atoms with Gasteiger partial charge in [-0.1, -0.05) is 56.0 Å². The second-order valence-corrected chi connectivity index (χ2v) is 7.81. The molecule has 0 spiro atoms. The van der Waals surface area contributed by atoms with E-state index in [4.69, 9.17) is 11.6 Å². The van der Waals surface area contributed by atoms with Gasteiger partial charge in [0, 0.05) is 27.6 Å². The molecule has 1 N–H and O–H groups in total. The van der Waals surface area contributed by atoms with E-state index in [9.17, 15) is 4.21 Å². The maximum atomic E-state index is 12.5. The predicted molar refractivity (Wildman–Crippen MR) is 92.2 cm³/mol. The molecule has 0 amide bonds. The topological polar surface area (TPSA) is 29.1 Å². The van der Waals surface area contributed by atoms with Gasteiger partial charge in [-0.15, -0.1) is 0 Å². The van der Waals surface area contributed by atoms with Crippen molar-refractivity contribution in [3.63, 3.8) is 0 Å². The van der Waals surface area contributed by atoms with Gasteiger partial charge >= 0.3 is 0 Å². The molecule has 4 heteroatoms. The smallest absolute Gasteiger partial charge is 0.0501 e. The van der Waals surface area contributed by atoms with Crippen molar-refractivity contribution in [3.8, 4) is 0 Å². The third-order valence-electron chi connectivity index (χ3n) is 4.32. The van der Waals surface area contributed by atoms with Gasteiger partial charge < -0.3 is 5.32 Å². The maximum Gasteiger partial charge on any atom is 0.0501 e. The van der Waals surface area contributed by atoms with E-state index >= 15 is 0 Å². The fourth-order valence-electron chi connectivity index (χ4n) is 3.21. The van der Waals surface area contributed by atoms with Gasteiger partial charge in [0.25, 0.3) is 0 Å². The van der Waals surface area contributed by atoms with Gasteiger partial charge in [0.2, 0.25) is 0 Å². The highest BCUT2D eigenvalue weighted by Gasteiger charge is 2.24. The number of benzene rings is 1. The minimum absolute atomic E-state index is 0.388. The molecule has 21 heavy (non-hydrogen) atoms. The van der Waals surface area contributed by atoms with Crippen LogP contribution in [0.25, 0.3) is 0 Å². The first-order chi connectivity index (χ1) is 10.2. The standard InChI is InChI=1S/C17H26ClNOS/c1-2-19-17(14-8-4-3-5-9-14)13-21(20)12-15-10-6-7-11-16(15)18/h6-7,10-11,14,17,19H,2-5,8-9,12-13H2,1H3. The number of rotatable bonds is 7. The highest BCUT2D eigenvalue weighted by molar-refractivity contribution is 7.84. The van der Waals surface area contributed by atoms with Crippen LogP contribution in [-0.4, -0.2) is 22.5 Å². The number of halogens is 1. The van der Waals surface area contributed by atoms with Crippen LogP contribution in [0.3, 0.4) is 0 Å². The number of hydrogen-bond acceptors (Lipinski definition) is 2. The molecule has 0 aliphatic heterocycles. The first kappa shape index (κ1) is 17.0. The second kappa shape index (κ2) is 8.92. The normalized spacial score (nSPS) is 19.3. The van der Waals surface area contributed by atoms with Gasteiger partial charge in [-0.3, -0.25) is 4.21 Å². The van der Waals surface area contributed by atoms with Crippen LogP contribution in [0.2, 0.25) is 5.02 Å². The highest BCUT2D eigenvalue weighted by Crippen LogP contribution is 2.27. The first-order valence-electron chi connectivity index (χ1n) is 8.02. The first-order valence-corrected chi connectivity index (χ1v) is 9.89. The lowest BCUT2D eigenvalue weighted by molar-refractivity contribution is 0.287. The number of hydrogen-bond donors (Lipinski definition) is 1. The van der Waals surface area contributed by atoms with E-state index in [1.807, 2.05) is 24.3 Å². The van der Waals surface area contributed by atoms with Crippen LogP contribution in [0, 0.1) is 5.92 Å². The molecule has 0 radical (unpaired) electrons. The molecule has 2 atom stereocenters. The van der Waals surface area contributed by atoms with Crippen LogP contribution >= 0.6 is 11.6 Å². The van der Waals surface area contributed by atoms with Crippen molar-refractivity contribution >= 4 is 22.4 Å². The molecule has 1 saturated carbocycles. The third kappa shape index (κ3) is 5.39. The summed E-state index contributed by atoms with van der Waals surface area (Å²) in [5.41, 5.74) is 0.997. The highest BCUT2D eigenvalue weighted by atomic mass is 35.5. The lowest BCUT2D eigenvalue weighted by atomic mass is 9.84. The van der Waals surface area contributed by atoms with Crippen molar-refractivity contribution in [2.75, 3.05) is 12.3 Å². The Morgan fingerprint density at radius 2 is 2.00 bits per heavy atom. The monoisotopic (exact) mass is 327 g/mol. The molecule has 0 heterocycles. The molecule has 1 aliphatic rings. The largest absolute Gasteiger partial charge is 0.313 e. The molecule has 0 bridgehead atoms. The molecule has 1 aromatic carbocycles. The van der Waals surface area contributed by atoms with Gasteiger partial charge in [0.05, 0.1) is 5.75 Å². The van der Waals surface area contributed by atoms with E-state index in [1.165, 1.54) is 32.1 Å². The molecule has 1 fully saturated rings. The molecule has 2 nitrogen and oxygen atoms in total. The van der Waals surface area contributed by atoms with Crippen molar-refractivity contribution in [1.29, 1.82) is 0 Å². The summed E-state index contributed by atoms with van der Waals surface area (Å²) in [5, 5.41) is 4.28. The van der Waals surface area contributed by atoms with Crippen LogP contribution in [-0.2, 0) is 16.6 Å². The Kier molecular flexibility index (Phi) is 7.21. The van der Waals surface area contributed by atoms with Crippen molar-refractivity contribution in [2.24, 2.45) is 5.92 Å². The van der Waals surface area contributed by atoms with Gasteiger partial charge in [-0.25, -0.2) is 0 Å². The Balaban J connectivity index is 1.93. The summed E-state index contributed by atoms with van der Waals surface area (Å²) in [4.78, 5) is 0. The van der Waals surface area contributed by atoms with E-state index in [0.29, 0.717) is 17.7 Å². The van der Waals surface area contributed by atoms with Crippen LogP contribution in [0.5, 0.6) is 0 Å². The van der Waals surface area contributed by atoms with Crippen molar-refractivity contribution in [2.45, 2.75) is 50.8 Å². The molecule has 0 aromatic heterocycles. The Morgan fingerprint density at radius 3 is 2.67 bits per heavy atom. The quantitative estimate of drug-likeness (QED) is 0.815. The van der Waals surface area contributed by atoms with E-state index in [-0.39, 0.29) is 0 Å². The average Bonchev–Trinajstić information content (AvgIpc) is 2.50. The maximum absolute atomic E-state index is 12.5.